The Labute approximate surface area is 96.0 Å². The van der Waals surface area contributed by atoms with Gasteiger partial charge in [0, 0.05) is 18.6 Å². The Morgan fingerprint density at radius 3 is 2.31 bits per heavy atom. The van der Waals surface area contributed by atoms with Crippen LogP contribution in [0.1, 0.15) is 11.3 Å². The van der Waals surface area contributed by atoms with Crippen molar-refractivity contribution < 1.29 is 21.7 Å². The van der Waals surface area contributed by atoms with Crippen molar-refractivity contribution in [3.05, 3.63) is 36.2 Å². The summed E-state index contributed by atoms with van der Waals surface area (Å²) in [6.07, 6.45) is 3.90. The summed E-state index contributed by atoms with van der Waals surface area (Å²) in [5.41, 5.74) is 2.42. The number of aryl methyl sites for hydroxylation is 2. The molecule has 0 aliphatic heterocycles. The van der Waals surface area contributed by atoms with E-state index in [1.165, 1.54) is 5.69 Å². The minimum atomic E-state index is -4.41. The number of rotatable bonds is 2. The molecule has 5 nitrogen and oxygen atoms in total. The first-order valence-corrected chi connectivity index (χ1v) is 5.73. The van der Waals surface area contributed by atoms with Crippen LogP contribution < -0.4 is 4.57 Å². The van der Waals surface area contributed by atoms with Crippen LogP contribution >= 0.6 is 0 Å². The first kappa shape index (κ1) is 14.8. The first-order valence-electron chi connectivity index (χ1n) is 4.40. The molecule has 0 saturated carbocycles. The summed E-state index contributed by atoms with van der Waals surface area (Å²) in [4.78, 5) is 0. The van der Waals surface area contributed by atoms with Crippen LogP contribution in [0.2, 0.25) is 0 Å². The molecule has 0 aliphatic carbocycles. The molecule has 0 unspecified atom stereocenters. The van der Waals surface area contributed by atoms with Gasteiger partial charge in [0.2, 0.25) is 10.4 Å². The average Bonchev–Trinajstić information content (AvgIpc) is 2.22. The highest BCUT2D eigenvalue weighted by Gasteiger charge is 1.97. The van der Waals surface area contributed by atoms with Crippen molar-refractivity contribution in [2.45, 2.75) is 6.92 Å². The highest BCUT2D eigenvalue weighted by molar-refractivity contribution is 7.80. The fourth-order valence-electron chi connectivity index (χ4n) is 0.824. The fourth-order valence-corrected chi connectivity index (χ4v) is 0.824. The zero-order chi connectivity index (χ0) is 12.8. The predicted octanol–water partition coefficient (Wildman–Crippen LogP) is 0.556. The van der Waals surface area contributed by atoms with E-state index in [2.05, 4.69) is 40.6 Å². The van der Waals surface area contributed by atoms with E-state index < -0.39 is 10.4 Å². The lowest BCUT2D eigenvalue weighted by atomic mass is 10.2. The molecule has 6 heteroatoms. The van der Waals surface area contributed by atoms with Gasteiger partial charge in [-0.25, -0.2) is 13.0 Å². The van der Waals surface area contributed by atoms with E-state index in [0.717, 1.165) is 12.7 Å². The molecule has 1 heterocycles. The van der Waals surface area contributed by atoms with Crippen LogP contribution in [0.15, 0.2) is 24.9 Å². The molecular weight excluding hydrogens is 230 g/mol. The molecule has 16 heavy (non-hydrogen) atoms. The van der Waals surface area contributed by atoms with E-state index in [1.807, 2.05) is 13.1 Å². The lowest BCUT2D eigenvalue weighted by Crippen LogP contribution is -2.31. The number of hydrogen-bond acceptors (Lipinski definition) is 4. The standard InChI is InChI=1S/C9H12N.CH4O4S/c1-4-9-6-5-8(2)10(3)7-9;1-5-6(2,3)4/h4-7H,1H2,2-3H3;1H3,(H,2,3,4)/q+1;/p-1. The summed E-state index contributed by atoms with van der Waals surface area (Å²) in [6.45, 7) is 5.76. The van der Waals surface area contributed by atoms with Crippen LogP contribution in [-0.2, 0) is 21.6 Å². The van der Waals surface area contributed by atoms with Gasteiger partial charge >= 0.3 is 0 Å². The second-order valence-corrected chi connectivity index (χ2v) is 4.14. The third-order valence-electron chi connectivity index (χ3n) is 1.86. The van der Waals surface area contributed by atoms with Crippen LogP contribution in [0, 0.1) is 6.92 Å². The summed E-state index contributed by atoms with van der Waals surface area (Å²) in [6, 6.07) is 4.14. The summed E-state index contributed by atoms with van der Waals surface area (Å²) in [7, 11) is -1.57. The molecule has 0 atom stereocenters. The Kier molecular flexibility index (Phi) is 5.87. The van der Waals surface area contributed by atoms with Crippen LogP contribution in [0.4, 0.5) is 0 Å². The summed E-state index contributed by atoms with van der Waals surface area (Å²) < 4.78 is 33.1. The van der Waals surface area contributed by atoms with E-state index in [4.69, 9.17) is 0 Å². The molecule has 90 valence electrons. The van der Waals surface area contributed by atoms with Gasteiger partial charge in [-0.2, -0.15) is 0 Å². The van der Waals surface area contributed by atoms with Gasteiger partial charge < -0.3 is 4.55 Å². The third-order valence-corrected chi connectivity index (χ3v) is 2.26. The summed E-state index contributed by atoms with van der Waals surface area (Å²) >= 11 is 0. The SMILES string of the molecule is C=Cc1ccc(C)[n+](C)c1.COS(=O)(=O)[O-]. The van der Waals surface area contributed by atoms with Gasteiger partial charge in [-0.1, -0.05) is 12.7 Å². The molecule has 1 rings (SSSR count). The molecule has 0 N–H and O–H groups in total. The number of hydrogen-bond donors (Lipinski definition) is 0. The largest absolute Gasteiger partial charge is 0.726 e. The second kappa shape index (κ2) is 6.37. The van der Waals surface area contributed by atoms with Crippen LogP contribution in [0.3, 0.4) is 0 Å². The van der Waals surface area contributed by atoms with E-state index in [0.29, 0.717) is 0 Å². The Bertz CT molecular complexity index is 454. The minimum absolute atomic E-state index is 0.808. The van der Waals surface area contributed by atoms with E-state index in [-0.39, 0.29) is 0 Å². The Morgan fingerprint density at radius 1 is 1.50 bits per heavy atom. The van der Waals surface area contributed by atoms with Gasteiger partial charge in [-0.3, -0.25) is 4.18 Å². The van der Waals surface area contributed by atoms with Gasteiger partial charge in [0.1, 0.15) is 7.05 Å². The lowest BCUT2D eigenvalue weighted by molar-refractivity contribution is -0.677. The van der Waals surface area contributed by atoms with Crippen molar-refractivity contribution in [3.63, 3.8) is 0 Å². The predicted molar refractivity (Wildman–Crippen MR) is 59.2 cm³/mol. The monoisotopic (exact) mass is 245 g/mol. The van der Waals surface area contributed by atoms with Crippen LogP contribution in [-0.4, -0.2) is 20.1 Å². The van der Waals surface area contributed by atoms with Crippen molar-refractivity contribution in [3.8, 4) is 0 Å². The van der Waals surface area contributed by atoms with E-state index >= 15 is 0 Å². The summed E-state index contributed by atoms with van der Waals surface area (Å²) in [5, 5.41) is 0. The quantitative estimate of drug-likeness (QED) is 0.433. The zero-order valence-corrected chi connectivity index (χ0v) is 10.3. The number of nitrogens with zero attached hydrogens (tertiary/aromatic N) is 1. The van der Waals surface area contributed by atoms with E-state index in [1.54, 1.807) is 0 Å². The first-order chi connectivity index (χ1) is 7.30. The maximum atomic E-state index is 9.22. The van der Waals surface area contributed by atoms with Gasteiger partial charge in [-0.15, -0.1) is 0 Å². The summed E-state index contributed by atoms with van der Waals surface area (Å²) in [5.74, 6) is 0. The van der Waals surface area contributed by atoms with Crippen LogP contribution in [0.5, 0.6) is 0 Å². The normalized spacial score (nSPS) is 10.2. The molecule has 0 radical (unpaired) electrons. The zero-order valence-electron chi connectivity index (χ0n) is 9.50. The van der Waals surface area contributed by atoms with Crippen molar-refractivity contribution >= 4 is 16.5 Å². The molecular formula is C10H15NO4S. The number of pyridine rings is 1. The molecule has 0 saturated heterocycles. The molecule has 0 amide bonds. The van der Waals surface area contributed by atoms with Crippen molar-refractivity contribution in [2.24, 2.45) is 7.05 Å². The number of aromatic nitrogens is 1. The highest BCUT2D eigenvalue weighted by atomic mass is 32.3. The molecule has 0 aromatic carbocycles. The maximum Gasteiger partial charge on any atom is 0.217 e. The van der Waals surface area contributed by atoms with Crippen molar-refractivity contribution in [1.82, 2.24) is 0 Å². The highest BCUT2D eigenvalue weighted by Crippen LogP contribution is 1.97. The third kappa shape index (κ3) is 6.28. The minimum Gasteiger partial charge on any atom is -0.726 e. The molecule has 0 bridgehead atoms. The van der Waals surface area contributed by atoms with Gasteiger partial charge in [0.05, 0.1) is 7.11 Å². The van der Waals surface area contributed by atoms with Crippen molar-refractivity contribution in [1.29, 1.82) is 0 Å². The second-order valence-electron chi connectivity index (χ2n) is 2.99. The molecule has 0 fully saturated rings. The lowest BCUT2D eigenvalue weighted by Gasteiger charge is -1.98. The van der Waals surface area contributed by atoms with Gasteiger partial charge in [0.15, 0.2) is 11.9 Å². The van der Waals surface area contributed by atoms with Gasteiger partial charge in [0.25, 0.3) is 0 Å². The fraction of sp³-hybridized carbons (Fsp3) is 0.300. The molecule has 0 spiro atoms. The molecule has 0 aliphatic rings. The Balaban J connectivity index is 0.000000325. The van der Waals surface area contributed by atoms with Gasteiger partial charge in [-0.05, 0) is 6.07 Å². The topological polar surface area (TPSA) is 70.3 Å². The average molecular weight is 245 g/mol. The Morgan fingerprint density at radius 2 is 2.00 bits per heavy atom. The smallest absolute Gasteiger partial charge is 0.217 e. The van der Waals surface area contributed by atoms with E-state index in [9.17, 15) is 13.0 Å². The van der Waals surface area contributed by atoms with Crippen LogP contribution in [0.25, 0.3) is 6.08 Å². The maximum absolute atomic E-state index is 9.22. The Hall–Kier alpha value is -1.24. The van der Waals surface area contributed by atoms with Crippen molar-refractivity contribution in [2.75, 3.05) is 7.11 Å². The molecule has 1 aromatic heterocycles. The molecule has 1 aromatic rings.